The monoisotopic (exact) mass is 169 g/mol. The minimum Gasteiger partial charge on any atom is -0.464 e. The van der Waals surface area contributed by atoms with Crippen molar-refractivity contribution in [3.63, 3.8) is 0 Å². The molecule has 0 saturated carbocycles. The first-order chi connectivity index (χ1) is 5.77. The molecule has 0 amide bonds. The smallest absolute Gasteiger partial charge is 0.134 e. The summed E-state index contributed by atoms with van der Waals surface area (Å²) >= 11 is 0. The number of hydrogen-bond donors (Lipinski definition) is 1. The van der Waals surface area contributed by atoms with Crippen LogP contribution < -0.4 is 5.32 Å². The van der Waals surface area contributed by atoms with Crippen LogP contribution in [0.3, 0.4) is 0 Å². The van der Waals surface area contributed by atoms with Crippen LogP contribution in [0.25, 0.3) is 0 Å². The summed E-state index contributed by atoms with van der Waals surface area (Å²) in [5, 5.41) is 3.04. The zero-order chi connectivity index (χ0) is 8.97. The van der Waals surface area contributed by atoms with Gasteiger partial charge in [-0.1, -0.05) is 0 Å². The van der Waals surface area contributed by atoms with Gasteiger partial charge < -0.3 is 14.5 Å². The van der Waals surface area contributed by atoms with E-state index in [2.05, 4.69) is 5.32 Å². The SMILES string of the molecule is CNCC(OC)c1ccc(C)o1. The molecular weight excluding hydrogens is 154 g/mol. The predicted molar refractivity (Wildman–Crippen MR) is 47.1 cm³/mol. The van der Waals surface area contributed by atoms with Gasteiger partial charge in [0.1, 0.15) is 17.6 Å². The van der Waals surface area contributed by atoms with Gasteiger partial charge >= 0.3 is 0 Å². The lowest BCUT2D eigenvalue weighted by Crippen LogP contribution is -2.18. The molecule has 0 aliphatic rings. The third-order valence-electron chi connectivity index (χ3n) is 1.75. The van der Waals surface area contributed by atoms with Crippen molar-refractivity contribution >= 4 is 0 Å². The van der Waals surface area contributed by atoms with E-state index in [9.17, 15) is 0 Å². The van der Waals surface area contributed by atoms with Crippen molar-refractivity contribution in [1.82, 2.24) is 5.32 Å². The van der Waals surface area contributed by atoms with Crippen LogP contribution in [0.1, 0.15) is 17.6 Å². The number of ether oxygens (including phenoxy) is 1. The number of rotatable bonds is 4. The molecule has 3 nitrogen and oxygen atoms in total. The zero-order valence-electron chi connectivity index (χ0n) is 7.76. The van der Waals surface area contributed by atoms with Gasteiger partial charge in [-0.25, -0.2) is 0 Å². The van der Waals surface area contributed by atoms with Gasteiger partial charge in [0, 0.05) is 13.7 Å². The highest BCUT2D eigenvalue weighted by Crippen LogP contribution is 2.17. The molecule has 68 valence electrons. The number of aryl methyl sites for hydroxylation is 1. The molecule has 0 bridgehead atoms. The Kier molecular flexibility index (Phi) is 3.31. The van der Waals surface area contributed by atoms with E-state index in [1.54, 1.807) is 7.11 Å². The highest BCUT2D eigenvalue weighted by Gasteiger charge is 2.12. The topological polar surface area (TPSA) is 34.4 Å². The van der Waals surface area contributed by atoms with Crippen molar-refractivity contribution in [3.05, 3.63) is 23.7 Å². The number of furan rings is 1. The second kappa shape index (κ2) is 4.28. The minimum atomic E-state index is 0.0173. The Morgan fingerprint density at radius 2 is 2.33 bits per heavy atom. The van der Waals surface area contributed by atoms with Gasteiger partial charge in [-0.15, -0.1) is 0 Å². The van der Waals surface area contributed by atoms with Crippen molar-refractivity contribution in [2.24, 2.45) is 0 Å². The van der Waals surface area contributed by atoms with Crippen molar-refractivity contribution in [1.29, 1.82) is 0 Å². The fourth-order valence-electron chi connectivity index (χ4n) is 1.11. The van der Waals surface area contributed by atoms with Gasteiger partial charge in [0.05, 0.1) is 0 Å². The highest BCUT2D eigenvalue weighted by atomic mass is 16.5. The molecular formula is C9H15NO2. The standard InChI is InChI=1S/C9H15NO2/c1-7-4-5-8(12-7)9(11-3)6-10-2/h4-5,9-10H,6H2,1-3H3. The molecule has 0 radical (unpaired) electrons. The van der Waals surface area contributed by atoms with Crippen molar-refractivity contribution in [2.45, 2.75) is 13.0 Å². The number of hydrogen-bond acceptors (Lipinski definition) is 3. The third-order valence-corrected chi connectivity index (χ3v) is 1.75. The van der Waals surface area contributed by atoms with Crippen LogP contribution in [0, 0.1) is 6.92 Å². The van der Waals surface area contributed by atoms with E-state index in [4.69, 9.17) is 9.15 Å². The van der Waals surface area contributed by atoms with Crippen molar-refractivity contribution < 1.29 is 9.15 Å². The Labute approximate surface area is 72.7 Å². The summed E-state index contributed by atoms with van der Waals surface area (Å²) in [4.78, 5) is 0. The second-order valence-corrected chi connectivity index (χ2v) is 2.73. The molecule has 1 atom stereocenters. The molecule has 1 unspecified atom stereocenters. The predicted octanol–water partition coefficient (Wildman–Crippen LogP) is 1.49. The first kappa shape index (κ1) is 9.29. The summed E-state index contributed by atoms with van der Waals surface area (Å²) in [6.07, 6.45) is 0.0173. The molecule has 1 aromatic heterocycles. The van der Waals surface area contributed by atoms with E-state index in [1.807, 2.05) is 26.1 Å². The van der Waals surface area contributed by atoms with E-state index >= 15 is 0 Å². The molecule has 12 heavy (non-hydrogen) atoms. The fourth-order valence-corrected chi connectivity index (χ4v) is 1.11. The average molecular weight is 169 g/mol. The fraction of sp³-hybridized carbons (Fsp3) is 0.556. The molecule has 1 rings (SSSR count). The van der Waals surface area contributed by atoms with Crippen LogP contribution in [0.4, 0.5) is 0 Å². The van der Waals surface area contributed by atoms with Crippen LogP contribution in [-0.2, 0) is 4.74 Å². The molecule has 0 aliphatic heterocycles. The summed E-state index contributed by atoms with van der Waals surface area (Å²) in [6.45, 7) is 2.69. The molecule has 0 aliphatic carbocycles. The minimum absolute atomic E-state index is 0.0173. The maximum absolute atomic E-state index is 5.42. The highest BCUT2D eigenvalue weighted by molar-refractivity contribution is 5.08. The van der Waals surface area contributed by atoms with E-state index in [0.717, 1.165) is 18.1 Å². The van der Waals surface area contributed by atoms with E-state index in [0.29, 0.717) is 0 Å². The average Bonchev–Trinajstić information content (AvgIpc) is 2.47. The molecule has 3 heteroatoms. The first-order valence-electron chi connectivity index (χ1n) is 4.01. The van der Waals surface area contributed by atoms with Gasteiger partial charge in [-0.3, -0.25) is 0 Å². The maximum atomic E-state index is 5.42. The Morgan fingerprint density at radius 3 is 2.75 bits per heavy atom. The van der Waals surface area contributed by atoms with Crippen molar-refractivity contribution in [3.8, 4) is 0 Å². The Morgan fingerprint density at radius 1 is 1.58 bits per heavy atom. The lowest BCUT2D eigenvalue weighted by atomic mass is 10.3. The number of likely N-dealkylation sites (N-methyl/N-ethyl adjacent to an activating group) is 1. The van der Waals surface area contributed by atoms with Gasteiger partial charge in [0.2, 0.25) is 0 Å². The van der Waals surface area contributed by atoms with Crippen LogP contribution in [0.2, 0.25) is 0 Å². The number of methoxy groups -OCH3 is 1. The summed E-state index contributed by atoms with van der Waals surface area (Å²) in [5.74, 6) is 1.80. The van der Waals surface area contributed by atoms with Crippen molar-refractivity contribution in [2.75, 3.05) is 20.7 Å². The number of nitrogens with one attached hydrogen (secondary N) is 1. The quantitative estimate of drug-likeness (QED) is 0.741. The molecule has 0 spiro atoms. The molecule has 1 heterocycles. The Balaban J connectivity index is 2.66. The molecule has 0 saturated heterocycles. The Hall–Kier alpha value is -0.800. The first-order valence-corrected chi connectivity index (χ1v) is 4.01. The van der Waals surface area contributed by atoms with Gasteiger partial charge in [-0.2, -0.15) is 0 Å². The van der Waals surface area contributed by atoms with Gasteiger partial charge in [-0.05, 0) is 26.1 Å². The molecule has 1 N–H and O–H groups in total. The third kappa shape index (κ3) is 2.09. The van der Waals surface area contributed by atoms with Crippen LogP contribution in [0.5, 0.6) is 0 Å². The molecule has 0 fully saturated rings. The maximum Gasteiger partial charge on any atom is 0.134 e. The Bertz CT molecular complexity index is 232. The molecule has 1 aromatic rings. The molecule has 0 aromatic carbocycles. The summed E-state index contributed by atoms with van der Waals surface area (Å²) < 4.78 is 10.7. The van der Waals surface area contributed by atoms with E-state index in [-0.39, 0.29) is 6.10 Å². The lowest BCUT2D eigenvalue weighted by Gasteiger charge is -2.11. The van der Waals surface area contributed by atoms with Crippen LogP contribution in [0.15, 0.2) is 16.5 Å². The summed E-state index contributed by atoms with van der Waals surface area (Å²) in [7, 11) is 3.57. The summed E-state index contributed by atoms with van der Waals surface area (Å²) in [6, 6.07) is 3.89. The summed E-state index contributed by atoms with van der Waals surface area (Å²) in [5.41, 5.74) is 0. The lowest BCUT2D eigenvalue weighted by molar-refractivity contribution is 0.0843. The largest absolute Gasteiger partial charge is 0.464 e. The zero-order valence-corrected chi connectivity index (χ0v) is 7.76. The van der Waals surface area contributed by atoms with Crippen LogP contribution >= 0.6 is 0 Å². The van der Waals surface area contributed by atoms with E-state index in [1.165, 1.54) is 0 Å². The van der Waals surface area contributed by atoms with Crippen LogP contribution in [-0.4, -0.2) is 20.7 Å². The van der Waals surface area contributed by atoms with E-state index < -0.39 is 0 Å². The normalized spacial score (nSPS) is 13.2. The van der Waals surface area contributed by atoms with Gasteiger partial charge in [0.15, 0.2) is 0 Å². The second-order valence-electron chi connectivity index (χ2n) is 2.73. The van der Waals surface area contributed by atoms with Gasteiger partial charge in [0.25, 0.3) is 0 Å².